The Hall–Kier alpha value is -3.42. The Balaban J connectivity index is 1.61. The van der Waals surface area contributed by atoms with Crippen molar-refractivity contribution >= 4 is 0 Å². The van der Waals surface area contributed by atoms with E-state index in [1.54, 1.807) is 36.4 Å². The predicted octanol–water partition coefficient (Wildman–Crippen LogP) is 4.14. The van der Waals surface area contributed by atoms with Gasteiger partial charge >= 0.3 is 0 Å². The molecule has 1 aliphatic rings. The fraction of sp³-hybridized carbons (Fsp3) is 0.158. The Morgan fingerprint density at radius 3 is 2.44 bits per heavy atom. The summed E-state index contributed by atoms with van der Waals surface area (Å²) in [7, 11) is 0. The molecule has 2 aromatic carbocycles. The van der Waals surface area contributed by atoms with Crippen LogP contribution in [0.25, 0.3) is 28.7 Å². The first-order chi connectivity index (χ1) is 13.2. The second kappa shape index (κ2) is 6.08. The summed E-state index contributed by atoms with van der Waals surface area (Å²) in [5.41, 5.74) is 1.67. The summed E-state index contributed by atoms with van der Waals surface area (Å²) in [4.78, 5) is 4.28. The molecule has 0 bridgehead atoms. The van der Waals surface area contributed by atoms with Gasteiger partial charge in [-0.1, -0.05) is 34.6 Å². The summed E-state index contributed by atoms with van der Waals surface area (Å²) in [6, 6.07) is 12.5. The van der Waals surface area contributed by atoms with Crippen LogP contribution in [-0.2, 0) is 0 Å². The molecule has 0 N–H and O–H groups in total. The molecule has 0 spiro atoms. The van der Waals surface area contributed by atoms with E-state index in [0.717, 1.165) is 18.5 Å². The molecule has 0 amide bonds. The van der Waals surface area contributed by atoms with Gasteiger partial charge in [-0.25, -0.2) is 13.5 Å². The maximum absolute atomic E-state index is 14.2. The minimum absolute atomic E-state index is 0.130. The van der Waals surface area contributed by atoms with Crippen LogP contribution in [0.15, 0.2) is 53.1 Å². The third-order valence-corrected chi connectivity index (χ3v) is 4.49. The summed E-state index contributed by atoms with van der Waals surface area (Å²) < 4.78 is 35.0. The number of hydrogen-bond acceptors (Lipinski definition) is 5. The first-order valence-corrected chi connectivity index (χ1v) is 8.52. The summed E-state index contributed by atoms with van der Waals surface area (Å²) in [6.45, 7) is 0. The van der Waals surface area contributed by atoms with E-state index in [1.165, 1.54) is 16.8 Å². The first kappa shape index (κ1) is 15.8. The van der Waals surface area contributed by atoms with Crippen LogP contribution in [0, 0.1) is 11.6 Å². The highest BCUT2D eigenvalue weighted by Crippen LogP contribution is 2.44. The van der Waals surface area contributed by atoms with E-state index in [0.29, 0.717) is 11.4 Å². The SMILES string of the molecule is Fc1ccccc1-c1noc(-c2nnn(-c3ccccc3F)c2C2CC2)n1. The molecule has 27 heavy (non-hydrogen) atoms. The number of hydrogen-bond donors (Lipinski definition) is 0. The number of aromatic nitrogens is 5. The second-order valence-corrected chi connectivity index (χ2v) is 6.36. The molecule has 1 fully saturated rings. The van der Waals surface area contributed by atoms with Gasteiger partial charge in [-0.05, 0) is 37.1 Å². The number of rotatable bonds is 4. The van der Waals surface area contributed by atoms with Crippen molar-refractivity contribution in [2.24, 2.45) is 0 Å². The van der Waals surface area contributed by atoms with E-state index in [1.807, 2.05) is 0 Å². The molecule has 0 radical (unpaired) electrons. The molecule has 6 nitrogen and oxygen atoms in total. The van der Waals surface area contributed by atoms with Crippen molar-refractivity contribution in [2.45, 2.75) is 18.8 Å². The standard InChI is InChI=1S/C19H13F2N5O/c20-13-6-2-1-5-12(13)18-22-19(27-24-18)16-17(11-9-10-11)26(25-23-16)15-8-4-3-7-14(15)21/h1-8,11H,9-10H2. The molecule has 8 heteroatoms. The average molecular weight is 365 g/mol. The number of benzene rings is 2. The van der Waals surface area contributed by atoms with Crippen LogP contribution in [0.4, 0.5) is 8.78 Å². The number of nitrogens with zero attached hydrogens (tertiary/aromatic N) is 5. The normalized spacial score (nSPS) is 13.9. The molecule has 4 aromatic rings. The van der Waals surface area contributed by atoms with E-state index < -0.39 is 11.6 Å². The molecule has 0 atom stereocenters. The molecule has 1 aliphatic carbocycles. The Kier molecular flexibility index (Phi) is 3.56. The Morgan fingerprint density at radius 1 is 0.963 bits per heavy atom. The molecule has 0 saturated heterocycles. The third kappa shape index (κ3) is 2.69. The van der Waals surface area contributed by atoms with Crippen LogP contribution in [0.1, 0.15) is 24.5 Å². The van der Waals surface area contributed by atoms with Crippen molar-refractivity contribution in [3.05, 3.63) is 65.9 Å². The molecule has 134 valence electrons. The van der Waals surface area contributed by atoms with Crippen molar-refractivity contribution in [2.75, 3.05) is 0 Å². The maximum atomic E-state index is 14.2. The number of para-hydroxylation sites is 1. The van der Waals surface area contributed by atoms with Gasteiger partial charge < -0.3 is 4.52 Å². The van der Waals surface area contributed by atoms with Gasteiger partial charge in [0.1, 0.15) is 17.3 Å². The van der Waals surface area contributed by atoms with Gasteiger partial charge in [0, 0.05) is 5.92 Å². The molecular formula is C19H13F2N5O. The largest absolute Gasteiger partial charge is 0.332 e. The second-order valence-electron chi connectivity index (χ2n) is 6.36. The molecule has 0 unspecified atom stereocenters. The average Bonchev–Trinajstić information content (AvgIpc) is 3.24. The van der Waals surface area contributed by atoms with E-state index in [9.17, 15) is 8.78 Å². The topological polar surface area (TPSA) is 69.6 Å². The zero-order chi connectivity index (χ0) is 18.4. The molecule has 1 saturated carbocycles. The van der Waals surface area contributed by atoms with Gasteiger partial charge in [-0.15, -0.1) is 5.10 Å². The molecular weight excluding hydrogens is 352 g/mol. The maximum Gasteiger partial charge on any atom is 0.280 e. The van der Waals surface area contributed by atoms with Gasteiger partial charge in [0.05, 0.1) is 11.3 Å². The van der Waals surface area contributed by atoms with E-state index in [-0.39, 0.29) is 23.2 Å². The van der Waals surface area contributed by atoms with Gasteiger partial charge in [-0.3, -0.25) is 0 Å². The smallest absolute Gasteiger partial charge is 0.280 e. The quantitative estimate of drug-likeness (QED) is 0.544. The van der Waals surface area contributed by atoms with E-state index >= 15 is 0 Å². The van der Waals surface area contributed by atoms with E-state index in [2.05, 4.69) is 20.5 Å². The monoisotopic (exact) mass is 365 g/mol. The number of halogens is 2. The van der Waals surface area contributed by atoms with Crippen LogP contribution in [0.3, 0.4) is 0 Å². The Bertz CT molecular complexity index is 1130. The Labute approximate surface area is 152 Å². The van der Waals surface area contributed by atoms with Crippen molar-refractivity contribution < 1.29 is 13.3 Å². The zero-order valence-corrected chi connectivity index (χ0v) is 14.0. The van der Waals surface area contributed by atoms with Crippen molar-refractivity contribution in [1.82, 2.24) is 25.1 Å². The summed E-state index contributed by atoms with van der Waals surface area (Å²) >= 11 is 0. The highest BCUT2D eigenvalue weighted by atomic mass is 19.1. The van der Waals surface area contributed by atoms with Crippen LogP contribution < -0.4 is 0 Å². The highest BCUT2D eigenvalue weighted by molar-refractivity contribution is 5.60. The fourth-order valence-corrected chi connectivity index (χ4v) is 3.04. The van der Waals surface area contributed by atoms with E-state index in [4.69, 9.17) is 4.52 Å². The predicted molar refractivity (Wildman–Crippen MR) is 92.0 cm³/mol. The Morgan fingerprint density at radius 2 is 1.70 bits per heavy atom. The lowest BCUT2D eigenvalue weighted by Crippen LogP contribution is -2.04. The van der Waals surface area contributed by atoms with Crippen LogP contribution in [0.2, 0.25) is 0 Å². The fourth-order valence-electron chi connectivity index (χ4n) is 3.04. The first-order valence-electron chi connectivity index (χ1n) is 8.52. The molecule has 2 aromatic heterocycles. The lowest BCUT2D eigenvalue weighted by Gasteiger charge is -2.06. The minimum atomic E-state index is -0.442. The van der Waals surface area contributed by atoms with Gasteiger partial charge in [0.2, 0.25) is 5.82 Å². The summed E-state index contributed by atoms with van der Waals surface area (Å²) in [5, 5.41) is 12.1. The van der Waals surface area contributed by atoms with Crippen molar-refractivity contribution in [3.63, 3.8) is 0 Å². The summed E-state index contributed by atoms with van der Waals surface area (Å²) in [5.74, 6) is -0.378. The summed E-state index contributed by atoms with van der Waals surface area (Å²) in [6.07, 6.45) is 1.90. The highest BCUT2D eigenvalue weighted by Gasteiger charge is 2.35. The zero-order valence-electron chi connectivity index (χ0n) is 14.0. The van der Waals surface area contributed by atoms with Crippen LogP contribution in [0.5, 0.6) is 0 Å². The molecule has 5 rings (SSSR count). The minimum Gasteiger partial charge on any atom is -0.332 e. The van der Waals surface area contributed by atoms with Gasteiger partial charge in [-0.2, -0.15) is 4.98 Å². The van der Waals surface area contributed by atoms with Crippen molar-refractivity contribution in [1.29, 1.82) is 0 Å². The lowest BCUT2D eigenvalue weighted by molar-refractivity contribution is 0.430. The third-order valence-electron chi connectivity index (χ3n) is 4.49. The van der Waals surface area contributed by atoms with Crippen molar-refractivity contribution in [3.8, 4) is 28.7 Å². The van der Waals surface area contributed by atoms with Gasteiger partial charge in [0.25, 0.3) is 5.89 Å². The lowest BCUT2D eigenvalue weighted by atomic mass is 10.2. The molecule has 0 aliphatic heterocycles. The molecule has 2 heterocycles. The van der Waals surface area contributed by atoms with Gasteiger partial charge in [0.15, 0.2) is 5.69 Å². The van der Waals surface area contributed by atoms with Crippen LogP contribution >= 0.6 is 0 Å². The van der Waals surface area contributed by atoms with Crippen LogP contribution in [-0.4, -0.2) is 25.1 Å².